The highest BCUT2D eigenvalue weighted by Crippen LogP contribution is 2.15. The van der Waals surface area contributed by atoms with Crippen molar-refractivity contribution in [3.63, 3.8) is 0 Å². The number of hydrogen-bond acceptors (Lipinski definition) is 4. The molecule has 0 aliphatic carbocycles. The van der Waals surface area contributed by atoms with Gasteiger partial charge < -0.3 is 10.1 Å². The third kappa shape index (κ3) is 4.55. The highest BCUT2D eigenvalue weighted by molar-refractivity contribution is 5.89. The van der Waals surface area contributed by atoms with Crippen LogP contribution < -0.4 is 5.32 Å². The molecule has 1 aromatic rings. The molecular weight excluding hydrogens is 264 g/mol. The molecule has 4 nitrogen and oxygen atoms in total. The molecule has 0 spiro atoms. The van der Waals surface area contributed by atoms with Crippen LogP contribution in [0.15, 0.2) is 24.3 Å². The maximum Gasteiger partial charge on any atom is 0.337 e. The van der Waals surface area contributed by atoms with Gasteiger partial charge in [-0.05, 0) is 24.1 Å². The van der Waals surface area contributed by atoms with Crippen LogP contribution in [-0.2, 0) is 11.3 Å². The minimum Gasteiger partial charge on any atom is -0.465 e. The van der Waals surface area contributed by atoms with Crippen molar-refractivity contribution in [2.45, 2.75) is 38.8 Å². The number of carbonyl (C=O) groups excluding carboxylic acids is 1. The number of nitrogens with zero attached hydrogens (tertiary/aromatic N) is 1. The number of piperazine rings is 1. The Morgan fingerprint density at radius 2 is 2.14 bits per heavy atom. The average molecular weight is 290 g/mol. The molecule has 1 aromatic carbocycles. The molecule has 0 aromatic heterocycles. The van der Waals surface area contributed by atoms with Gasteiger partial charge >= 0.3 is 5.97 Å². The Morgan fingerprint density at radius 1 is 1.38 bits per heavy atom. The molecule has 0 bridgehead atoms. The lowest BCUT2D eigenvalue weighted by Crippen LogP contribution is -2.50. The van der Waals surface area contributed by atoms with E-state index in [0.29, 0.717) is 11.6 Å². The van der Waals surface area contributed by atoms with Gasteiger partial charge in [-0.15, -0.1) is 0 Å². The first-order valence-corrected chi connectivity index (χ1v) is 7.86. The fourth-order valence-corrected chi connectivity index (χ4v) is 2.83. The molecule has 1 heterocycles. The summed E-state index contributed by atoms with van der Waals surface area (Å²) in [4.78, 5) is 14.0. The zero-order chi connectivity index (χ0) is 15.1. The van der Waals surface area contributed by atoms with Gasteiger partial charge in [-0.1, -0.05) is 31.9 Å². The zero-order valence-electron chi connectivity index (χ0n) is 13.1. The normalized spacial score (nSPS) is 19.4. The number of unbranched alkanes of at least 4 members (excludes halogenated alkanes) is 1. The molecule has 1 atom stereocenters. The van der Waals surface area contributed by atoms with Crippen LogP contribution in [0.5, 0.6) is 0 Å². The Balaban J connectivity index is 1.96. The highest BCUT2D eigenvalue weighted by atomic mass is 16.5. The summed E-state index contributed by atoms with van der Waals surface area (Å²) >= 11 is 0. The second-order valence-corrected chi connectivity index (χ2v) is 5.66. The van der Waals surface area contributed by atoms with Gasteiger partial charge in [0, 0.05) is 32.2 Å². The molecular formula is C17H26N2O2. The second kappa shape index (κ2) is 8.15. The monoisotopic (exact) mass is 290 g/mol. The minimum absolute atomic E-state index is 0.274. The van der Waals surface area contributed by atoms with E-state index >= 15 is 0 Å². The topological polar surface area (TPSA) is 41.6 Å². The molecule has 21 heavy (non-hydrogen) atoms. The number of esters is 1. The van der Waals surface area contributed by atoms with Crippen LogP contribution >= 0.6 is 0 Å². The Morgan fingerprint density at radius 3 is 2.81 bits per heavy atom. The Hall–Kier alpha value is -1.39. The molecule has 4 heteroatoms. The van der Waals surface area contributed by atoms with Crippen molar-refractivity contribution in [1.82, 2.24) is 10.2 Å². The molecule has 1 aliphatic heterocycles. The van der Waals surface area contributed by atoms with Crippen molar-refractivity contribution in [3.8, 4) is 0 Å². The van der Waals surface area contributed by atoms with Gasteiger partial charge in [-0.2, -0.15) is 0 Å². The molecule has 0 unspecified atom stereocenters. The number of carbonyl (C=O) groups is 1. The van der Waals surface area contributed by atoms with E-state index in [-0.39, 0.29) is 5.97 Å². The molecule has 116 valence electrons. The molecule has 0 amide bonds. The molecule has 0 saturated carbocycles. The summed E-state index contributed by atoms with van der Waals surface area (Å²) in [6, 6.07) is 8.39. The van der Waals surface area contributed by atoms with Crippen molar-refractivity contribution in [3.05, 3.63) is 35.4 Å². The third-order valence-corrected chi connectivity index (χ3v) is 4.12. The quantitative estimate of drug-likeness (QED) is 0.817. The summed E-state index contributed by atoms with van der Waals surface area (Å²) in [5.74, 6) is -0.274. The zero-order valence-corrected chi connectivity index (χ0v) is 13.1. The van der Waals surface area contributed by atoms with E-state index in [1.165, 1.54) is 31.9 Å². The first-order valence-electron chi connectivity index (χ1n) is 7.86. The lowest BCUT2D eigenvalue weighted by molar-refractivity contribution is 0.0600. The number of methoxy groups -OCH3 is 1. The number of benzene rings is 1. The average Bonchev–Trinajstić information content (AvgIpc) is 2.54. The van der Waals surface area contributed by atoms with Gasteiger partial charge in [0.15, 0.2) is 0 Å². The van der Waals surface area contributed by atoms with Crippen molar-refractivity contribution in [2.75, 3.05) is 26.7 Å². The van der Waals surface area contributed by atoms with Gasteiger partial charge in [-0.25, -0.2) is 4.79 Å². The van der Waals surface area contributed by atoms with Crippen molar-refractivity contribution in [2.24, 2.45) is 0 Å². The first-order chi connectivity index (χ1) is 10.2. The maximum atomic E-state index is 11.4. The number of hydrogen-bond donors (Lipinski definition) is 1. The summed E-state index contributed by atoms with van der Waals surface area (Å²) in [7, 11) is 1.41. The Kier molecular flexibility index (Phi) is 6.21. The molecule has 1 fully saturated rings. The van der Waals surface area contributed by atoms with Crippen molar-refractivity contribution in [1.29, 1.82) is 0 Å². The third-order valence-electron chi connectivity index (χ3n) is 4.12. The van der Waals surface area contributed by atoms with E-state index in [2.05, 4.69) is 17.1 Å². The van der Waals surface area contributed by atoms with Gasteiger partial charge in [-0.3, -0.25) is 4.90 Å². The lowest BCUT2D eigenvalue weighted by Gasteiger charge is -2.36. The van der Waals surface area contributed by atoms with Crippen LogP contribution in [-0.4, -0.2) is 43.7 Å². The first kappa shape index (κ1) is 16.0. The van der Waals surface area contributed by atoms with Gasteiger partial charge in [0.05, 0.1) is 12.7 Å². The van der Waals surface area contributed by atoms with E-state index in [1.54, 1.807) is 0 Å². The number of ether oxygens (including phenoxy) is 1. The fourth-order valence-electron chi connectivity index (χ4n) is 2.83. The van der Waals surface area contributed by atoms with E-state index < -0.39 is 0 Å². The highest BCUT2D eigenvalue weighted by Gasteiger charge is 2.21. The van der Waals surface area contributed by atoms with Crippen LogP contribution in [0.4, 0.5) is 0 Å². The van der Waals surface area contributed by atoms with Crippen LogP contribution in [0.2, 0.25) is 0 Å². The van der Waals surface area contributed by atoms with Crippen LogP contribution in [0.25, 0.3) is 0 Å². The Bertz CT molecular complexity index is 445. The standard InChI is InChI=1S/C17H26N2O2/c1-3-4-5-16-12-18-10-11-19(16)13-14-6-8-15(9-7-14)17(20)21-2/h6-9,16,18H,3-5,10-13H2,1-2H3/t16-/m1/s1. The summed E-state index contributed by atoms with van der Waals surface area (Å²) in [6.45, 7) is 6.43. The lowest BCUT2D eigenvalue weighted by atomic mass is 10.0. The summed E-state index contributed by atoms with van der Waals surface area (Å²) in [5, 5.41) is 3.49. The van der Waals surface area contributed by atoms with Gasteiger partial charge in [0.2, 0.25) is 0 Å². The fraction of sp³-hybridized carbons (Fsp3) is 0.588. The minimum atomic E-state index is -0.274. The van der Waals surface area contributed by atoms with Gasteiger partial charge in [0.25, 0.3) is 0 Å². The van der Waals surface area contributed by atoms with Gasteiger partial charge in [0.1, 0.15) is 0 Å². The van der Waals surface area contributed by atoms with E-state index in [1.807, 2.05) is 24.3 Å². The SMILES string of the molecule is CCCC[C@@H]1CNCCN1Cc1ccc(C(=O)OC)cc1. The number of nitrogens with one attached hydrogen (secondary N) is 1. The molecule has 2 rings (SSSR count). The smallest absolute Gasteiger partial charge is 0.337 e. The van der Waals surface area contributed by atoms with Crippen molar-refractivity contribution >= 4 is 5.97 Å². The predicted molar refractivity (Wildman–Crippen MR) is 84.4 cm³/mol. The van der Waals surface area contributed by atoms with E-state index in [4.69, 9.17) is 4.74 Å². The maximum absolute atomic E-state index is 11.4. The van der Waals surface area contributed by atoms with E-state index in [9.17, 15) is 4.79 Å². The second-order valence-electron chi connectivity index (χ2n) is 5.66. The Labute approximate surface area is 127 Å². The van der Waals surface area contributed by atoms with Crippen LogP contribution in [0.1, 0.15) is 42.1 Å². The molecule has 0 radical (unpaired) electrons. The summed E-state index contributed by atoms with van der Waals surface area (Å²) < 4.78 is 4.73. The molecule has 1 saturated heterocycles. The summed E-state index contributed by atoms with van der Waals surface area (Å²) in [5.41, 5.74) is 1.87. The predicted octanol–water partition coefficient (Wildman–Crippen LogP) is 2.44. The summed E-state index contributed by atoms with van der Waals surface area (Å²) in [6.07, 6.45) is 3.78. The van der Waals surface area contributed by atoms with E-state index in [0.717, 1.165) is 26.2 Å². The molecule has 1 aliphatic rings. The molecule has 1 N–H and O–H groups in total. The van der Waals surface area contributed by atoms with Crippen molar-refractivity contribution < 1.29 is 9.53 Å². The number of rotatable bonds is 6. The van der Waals surface area contributed by atoms with Crippen LogP contribution in [0.3, 0.4) is 0 Å². The largest absolute Gasteiger partial charge is 0.465 e. The van der Waals surface area contributed by atoms with Crippen LogP contribution in [0, 0.1) is 0 Å².